The first-order valence-electron chi connectivity index (χ1n) is 8.78. The zero-order valence-electron chi connectivity index (χ0n) is 14.3. The van der Waals surface area contributed by atoms with Crippen molar-refractivity contribution >= 4 is 5.97 Å². The van der Waals surface area contributed by atoms with Crippen LogP contribution >= 0.6 is 0 Å². The molecule has 1 unspecified atom stereocenters. The van der Waals surface area contributed by atoms with Crippen LogP contribution < -0.4 is 4.74 Å². The third kappa shape index (κ3) is 3.52. The fourth-order valence-electron chi connectivity index (χ4n) is 4.42. The number of hydrogen-bond acceptors (Lipinski definition) is 3. The number of rotatable bonds is 4. The van der Waals surface area contributed by atoms with E-state index in [2.05, 4.69) is 7.05 Å². The minimum atomic E-state index is -0.219. The highest BCUT2D eigenvalue weighted by Crippen LogP contribution is 2.36. The molecule has 0 aliphatic carbocycles. The summed E-state index contributed by atoms with van der Waals surface area (Å²) in [5.74, 6) is 1.04. The normalized spacial score (nSPS) is 30.3. The van der Waals surface area contributed by atoms with Gasteiger partial charge in [-0.1, -0.05) is 0 Å². The summed E-state index contributed by atoms with van der Waals surface area (Å²) in [6.45, 7) is 3.13. The lowest BCUT2D eigenvalue weighted by atomic mass is 9.82. The first kappa shape index (κ1) is 16.3. The lowest BCUT2D eigenvalue weighted by Crippen LogP contribution is -2.61. The molecule has 0 bridgehead atoms. The van der Waals surface area contributed by atoms with Crippen molar-refractivity contribution in [2.45, 2.75) is 38.1 Å². The van der Waals surface area contributed by atoms with E-state index in [0.717, 1.165) is 5.75 Å². The summed E-state index contributed by atoms with van der Waals surface area (Å²) in [5.41, 5.74) is 0.600. The Labute approximate surface area is 139 Å². The van der Waals surface area contributed by atoms with E-state index >= 15 is 0 Å². The van der Waals surface area contributed by atoms with Gasteiger partial charge in [-0.3, -0.25) is 0 Å². The van der Waals surface area contributed by atoms with Gasteiger partial charge in [0, 0.05) is 12.3 Å². The Bertz CT molecular complexity index is 538. The van der Waals surface area contributed by atoms with E-state index in [1.165, 1.54) is 49.7 Å². The highest BCUT2D eigenvalue weighted by atomic mass is 16.5. The highest BCUT2D eigenvalue weighted by molar-refractivity contribution is 5.89. The maximum absolute atomic E-state index is 12.3. The van der Waals surface area contributed by atoms with Crippen LogP contribution in [0.25, 0.3) is 0 Å². The summed E-state index contributed by atoms with van der Waals surface area (Å²) >= 11 is 0. The van der Waals surface area contributed by atoms with Gasteiger partial charge in [-0.05, 0) is 49.9 Å². The molecule has 23 heavy (non-hydrogen) atoms. The Morgan fingerprint density at radius 1 is 1.13 bits per heavy atom. The van der Waals surface area contributed by atoms with E-state index in [0.29, 0.717) is 24.1 Å². The van der Waals surface area contributed by atoms with Crippen molar-refractivity contribution in [3.63, 3.8) is 0 Å². The number of nitrogens with zero attached hydrogens (tertiary/aromatic N) is 1. The number of quaternary nitrogens is 1. The van der Waals surface area contributed by atoms with Crippen molar-refractivity contribution < 1.29 is 18.8 Å². The number of benzene rings is 1. The van der Waals surface area contributed by atoms with Gasteiger partial charge >= 0.3 is 5.97 Å². The van der Waals surface area contributed by atoms with Gasteiger partial charge in [0.2, 0.25) is 0 Å². The molecule has 0 amide bonds. The number of hydrogen-bond donors (Lipinski definition) is 0. The van der Waals surface area contributed by atoms with E-state index < -0.39 is 0 Å². The molecule has 0 radical (unpaired) electrons. The van der Waals surface area contributed by atoms with Crippen molar-refractivity contribution in [2.75, 3.05) is 33.9 Å². The molecule has 0 spiro atoms. The molecule has 0 aromatic heterocycles. The average molecular weight is 318 g/mol. The van der Waals surface area contributed by atoms with Crippen LogP contribution in [0.2, 0.25) is 0 Å². The highest BCUT2D eigenvalue weighted by Gasteiger charge is 2.43. The third-order valence-corrected chi connectivity index (χ3v) is 5.76. The first-order chi connectivity index (χ1) is 11.1. The number of ether oxygens (including phenoxy) is 2. The lowest BCUT2D eigenvalue weighted by Gasteiger charge is -2.51. The summed E-state index contributed by atoms with van der Waals surface area (Å²) in [6, 6.07) is 7.80. The first-order valence-corrected chi connectivity index (χ1v) is 8.78. The summed E-state index contributed by atoms with van der Waals surface area (Å²) in [7, 11) is 4.01. The van der Waals surface area contributed by atoms with Crippen molar-refractivity contribution in [1.29, 1.82) is 0 Å². The van der Waals surface area contributed by atoms with Gasteiger partial charge in [0.15, 0.2) is 0 Å². The number of piperidine rings is 2. The van der Waals surface area contributed by atoms with Gasteiger partial charge in [0.25, 0.3) is 0 Å². The number of carbonyl (C=O) groups excluding carboxylic acids is 1. The Hall–Kier alpha value is -1.55. The Kier molecular flexibility index (Phi) is 4.90. The summed E-state index contributed by atoms with van der Waals surface area (Å²) in [6.07, 6.45) is 6.38. The number of fused-ring (bicyclic) bond motifs is 1. The maximum Gasteiger partial charge on any atom is 0.338 e. The van der Waals surface area contributed by atoms with Crippen LogP contribution in [-0.4, -0.2) is 50.3 Å². The van der Waals surface area contributed by atoms with Gasteiger partial charge in [-0.15, -0.1) is 0 Å². The Balaban J connectivity index is 1.59. The number of esters is 1. The molecule has 3 atom stereocenters. The molecule has 4 nitrogen and oxygen atoms in total. The zero-order valence-corrected chi connectivity index (χ0v) is 14.3. The van der Waals surface area contributed by atoms with Gasteiger partial charge in [0.1, 0.15) is 12.4 Å². The summed E-state index contributed by atoms with van der Waals surface area (Å²) in [4.78, 5) is 12.3. The second kappa shape index (κ2) is 6.91. The van der Waals surface area contributed by atoms with Crippen LogP contribution in [0.15, 0.2) is 24.3 Å². The van der Waals surface area contributed by atoms with E-state index in [9.17, 15) is 4.79 Å². The van der Waals surface area contributed by atoms with Crippen molar-refractivity contribution in [2.24, 2.45) is 5.92 Å². The molecular formula is C19H28NO3+. The molecule has 0 saturated carbocycles. The SMILES string of the molecule is COc1ccc(C(=O)OC[C@@H]2CCC[N+]3(C)CCCC[C@@H]23)cc1. The van der Waals surface area contributed by atoms with Crippen LogP contribution in [0, 0.1) is 5.92 Å². The molecule has 2 heterocycles. The summed E-state index contributed by atoms with van der Waals surface area (Å²) < 4.78 is 12.0. The third-order valence-electron chi connectivity index (χ3n) is 5.76. The molecule has 2 aliphatic rings. The van der Waals surface area contributed by atoms with Crippen LogP contribution in [-0.2, 0) is 4.74 Å². The van der Waals surface area contributed by atoms with Gasteiger partial charge in [-0.2, -0.15) is 0 Å². The van der Waals surface area contributed by atoms with Crippen LogP contribution in [0.1, 0.15) is 42.5 Å². The lowest BCUT2D eigenvalue weighted by molar-refractivity contribution is -0.947. The van der Waals surface area contributed by atoms with Gasteiger partial charge in [-0.25, -0.2) is 4.79 Å². The topological polar surface area (TPSA) is 35.5 Å². The average Bonchev–Trinajstić information content (AvgIpc) is 2.59. The molecule has 2 aliphatic heterocycles. The van der Waals surface area contributed by atoms with E-state index in [1.807, 2.05) is 0 Å². The zero-order chi connectivity index (χ0) is 16.3. The fourth-order valence-corrected chi connectivity index (χ4v) is 4.42. The number of carbonyl (C=O) groups is 1. The Morgan fingerprint density at radius 2 is 1.87 bits per heavy atom. The largest absolute Gasteiger partial charge is 0.497 e. The van der Waals surface area contributed by atoms with Crippen molar-refractivity contribution in [3.05, 3.63) is 29.8 Å². The Morgan fingerprint density at radius 3 is 2.61 bits per heavy atom. The molecule has 126 valence electrons. The predicted molar refractivity (Wildman–Crippen MR) is 89.6 cm³/mol. The van der Waals surface area contributed by atoms with E-state index in [1.54, 1.807) is 31.4 Å². The summed E-state index contributed by atoms with van der Waals surface area (Å²) in [5, 5.41) is 0. The van der Waals surface area contributed by atoms with Crippen molar-refractivity contribution in [1.82, 2.24) is 0 Å². The molecule has 0 N–H and O–H groups in total. The fraction of sp³-hybridized carbons (Fsp3) is 0.632. The minimum absolute atomic E-state index is 0.219. The standard InChI is InChI=1S/C19H28NO3/c1-20-12-4-3-7-18(20)16(6-5-13-20)14-23-19(21)15-8-10-17(22-2)11-9-15/h8-11,16,18H,3-7,12-14H2,1-2H3/q+1/t16-,18-,20?/m0/s1. The molecule has 3 rings (SSSR count). The minimum Gasteiger partial charge on any atom is -0.497 e. The molecule has 1 aromatic rings. The van der Waals surface area contributed by atoms with Gasteiger partial charge < -0.3 is 14.0 Å². The van der Waals surface area contributed by atoms with Crippen molar-refractivity contribution in [3.8, 4) is 5.75 Å². The molecule has 4 heteroatoms. The van der Waals surface area contributed by atoms with Crippen LogP contribution in [0.5, 0.6) is 5.75 Å². The second-order valence-corrected chi connectivity index (χ2v) is 7.22. The van der Waals surface area contributed by atoms with Crippen LogP contribution in [0.3, 0.4) is 0 Å². The van der Waals surface area contributed by atoms with Crippen LogP contribution in [0.4, 0.5) is 0 Å². The number of methoxy groups -OCH3 is 1. The quantitative estimate of drug-likeness (QED) is 0.631. The molecular weight excluding hydrogens is 290 g/mol. The molecule has 2 saturated heterocycles. The van der Waals surface area contributed by atoms with Gasteiger partial charge in [0.05, 0.1) is 38.9 Å². The predicted octanol–water partition coefficient (Wildman–Crippen LogP) is 3.26. The molecule has 2 fully saturated rings. The van der Waals surface area contributed by atoms with E-state index in [-0.39, 0.29) is 5.97 Å². The second-order valence-electron chi connectivity index (χ2n) is 7.22. The smallest absolute Gasteiger partial charge is 0.338 e. The maximum atomic E-state index is 12.3. The monoisotopic (exact) mass is 318 g/mol. The van der Waals surface area contributed by atoms with E-state index in [4.69, 9.17) is 9.47 Å². The molecule has 1 aromatic carbocycles.